The first kappa shape index (κ1) is 3.87. The summed E-state index contributed by atoms with van der Waals surface area (Å²) in [6, 6.07) is 0.871. The minimum absolute atomic E-state index is 0.871. The van der Waals surface area contributed by atoms with Crippen LogP contribution in [0, 0.1) is 0 Å². The van der Waals surface area contributed by atoms with E-state index in [1.54, 1.807) is 0 Å². The highest BCUT2D eigenvalue weighted by Crippen LogP contribution is 2.20. The fourth-order valence-electron chi connectivity index (χ4n) is 0.205. The molecule has 0 radical (unpaired) electrons. The summed E-state index contributed by atoms with van der Waals surface area (Å²) in [5, 5.41) is 0. The van der Waals surface area contributed by atoms with Gasteiger partial charge in [0.25, 0.3) is 0 Å². The molecule has 2 heteroatoms. The van der Waals surface area contributed by atoms with Crippen molar-refractivity contribution in [3.63, 3.8) is 0 Å². The highest BCUT2D eigenvalue weighted by molar-refractivity contribution is 14.1. The van der Waals surface area contributed by atoms with Crippen molar-refractivity contribution >= 4 is 22.9 Å². The minimum Gasteiger partial charge on any atom is -0.242 e. The molecule has 0 spiro atoms. The number of rotatable bonds is 0. The van der Waals surface area contributed by atoms with Crippen molar-refractivity contribution in [2.24, 2.45) is 0 Å². The van der Waals surface area contributed by atoms with E-state index in [0.717, 1.165) is 6.04 Å². The maximum atomic E-state index is 2.31. The van der Waals surface area contributed by atoms with Crippen LogP contribution in [0.2, 0.25) is 0 Å². The molecule has 1 nitrogen and oxygen atoms in total. The molecule has 1 heterocycles. The van der Waals surface area contributed by atoms with Gasteiger partial charge in [0.2, 0.25) is 0 Å². The first-order valence-electron chi connectivity index (χ1n) is 1.73. The molecule has 1 fully saturated rings. The Kier molecular flexibility index (Phi) is 0.835. The molecule has 30 valence electrons. The maximum absolute atomic E-state index is 2.31. The van der Waals surface area contributed by atoms with Crippen LogP contribution in [-0.2, 0) is 0 Å². The Morgan fingerprint density at radius 1 is 2.00 bits per heavy atom. The van der Waals surface area contributed by atoms with E-state index < -0.39 is 0 Å². The molecule has 0 aromatic carbocycles. The van der Waals surface area contributed by atoms with Crippen molar-refractivity contribution in [3.05, 3.63) is 0 Å². The van der Waals surface area contributed by atoms with E-state index in [0.29, 0.717) is 0 Å². The fraction of sp³-hybridized carbons (Fsp3) is 1.00. The molecule has 0 aromatic rings. The summed E-state index contributed by atoms with van der Waals surface area (Å²) in [5.41, 5.74) is 0. The summed E-state index contributed by atoms with van der Waals surface area (Å²) in [6.45, 7) is 3.51. The van der Waals surface area contributed by atoms with Crippen LogP contribution in [0.15, 0.2) is 0 Å². The fourth-order valence-corrected chi connectivity index (χ4v) is 0.775. The zero-order valence-corrected chi connectivity index (χ0v) is 5.27. The molecule has 2 atom stereocenters. The van der Waals surface area contributed by atoms with E-state index in [1.807, 2.05) is 0 Å². The summed E-state index contributed by atoms with van der Waals surface area (Å²) in [4.78, 5) is 0. The first-order valence-corrected chi connectivity index (χ1v) is 2.69. The number of halogens is 1. The van der Waals surface area contributed by atoms with Crippen LogP contribution >= 0.6 is 22.9 Å². The Balaban J connectivity index is 2.20. The van der Waals surface area contributed by atoms with Gasteiger partial charge in [0.05, 0.1) is 0 Å². The summed E-state index contributed by atoms with van der Waals surface area (Å²) < 4.78 is 2.26. The van der Waals surface area contributed by atoms with Gasteiger partial charge in [-0.15, -0.1) is 0 Å². The second-order valence-corrected chi connectivity index (χ2v) is 2.67. The summed E-state index contributed by atoms with van der Waals surface area (Å²) in [6.07, 6.45) is 0. The molecule has 0 bridgehead atoms. The average Bonchev–Trinajstić information content (AvgIpc) is 1.79. The van der Waals surface area contributed by atoms with Crippen LogP contribution in [0.25, 0.3) is 0 Å². The standard InChI is InChI=1S/C3H6IN/c1-3-2-5(3)4/h3H,2H2,1H3. The zero-order chi connectivity index (χ0) is 3.86. The monoisotopic (exact) mass is 183 g/mol. The zero-order valence-electron chi connectivity index (χ0n) is 3.11. The van der Waals surface area contributed by atoms with Crippen molar-refractivity contribution in [1.82, 2.24) is 3.11 Å². The van der Waals surface area contributed by atoms with Crippen molar-refractivity contribution in [2.45, 2.75) is 13.0 Å². The third kappa shape index (κ3) is 0.758. The van der Waals surface area contributed by atoms with E-state index in [9.17, 15) is 0 Å². The lowest BCUT2D eigenvalue weighted by Gasteiger charge is -1.71. The van der Waals surface area contributed by atoms with Crippen LogP contribution in [0.1, 0.15) is 6.92 Å². The predicted molar refractivity (Wildman–Crippen MR) is 30.2 cm³/mol. The minimum atomic E-state index is 0.871. The first-order chi connectivity index (χ1) is 2.30. The third-order valence-corrected chi connectivity index (χ3v) is 2.13. The van der Waals surface area contributed by atoms with Crippen molar-refractivity contribution in [1.29, 1.82) is 0 Å². The molecule has 1 saturated heterocycles. The molecule has 0 N–H and O–H groups in total. The van der Waals surface area contributed by atoms with Gasteiger partial charge in [-0.3, -0.25) is 0 Å². The summed E-state index contributed by atoms with van der Waals surface area (Å²) in [5.74, 6) is 0. The molecular formula is C3H6IN. The van der Waals surface area contributed by atoms with E-state index in [1.165, 1.54) is 6.54 Å². The molecule has 0 aliphatic carbocycles. The lowest BCUT2D eigenvalue weighted by atomic mass is 10.6. The molecule has 1 aliphatic rings. The van der Waals surface area contributed by atoms with Crippen molar-refractivity contribution in [3.8, 4) is 0 Å². The topological polar surface area (TPSA) is 3.01 Å². The largest absolute Gasteiger partial charge is 0.242 e. The number of nitrogens with zero attached hydrogens (tertiary/aromatic N) is 1. The van der Waals surface area contributed by atoms with Gasteiger partial charge in [-0.1, -0.05) is 0 Å². The highest BCUT2D eigenvalue weighted by atomic mass is 127. The van der Waals surface area contributed by atoms with E-state index in [-0.39, 0.29) is 0 Å². The van der Waals surface area contributed by atoms with Gasteiger partial charge in [0.15, 0.2) is 0 Å². The molecule has 5 heavy (non-hydrogen) atoms. The average molecular weight is 183 g/mol. The third-order valence-electron chi connectivity index (χ3n) is 0.783. The Labute approximate surface area is 45.8 Å². The lowest BCUT2D eigenvalue weighted by molar-refractivity contribution is 0.904. The van der Waals surface area contributed by atoms with Gasteiger partial charge in [-0.2, -0.15) is 0 Å². The maximum Gasteiger partial charge on any atom is 0.0302 e. The smallest absolute Gasteiger partial charge is 0.0302 e. The van der Waals surface area contributed by atoms with E-state index in [4.69, 9.17) is 0 Å². The van der Waals surface area contributed by atoms with Crippen molar-refractivity contribution < 1.29 is 0 Å². The molecule has 1 aliphatic heterocycles. The Morgan fingerprint density at radius 2 is 2.20 bits per heavy atom. The second-order valence-electron chi connectivity index (χ2n) is 1.43. The SMILES string of the molecule is CC1CN1I. The Morgan fingerprint density at radius 3 is 2.20 bits per heavy atom. The molecular weight excluding hydrogens is 177 g/mol. The summed E-state index contributed by atoms with van der Waals surface area (Å²) >= 11 is 2.31. The van der Waals surface area contributed by atoms with Crippen LogP contribution in [-0.4, -0.2) is 15.7 Å². The van der Waals surface area contributed by atoms with Crippen LogP contribution in [0.5, 0.6) is 0 Å². The number of hydrogen-bond acceptors (Lipinski definition) is 1. The molecule has 0 saturated carbocycles. The predicted octanol–water partition coefficient (Wildman–Crippen LogP) is 1.04. The molecule has 2 unspecified atom stereocenters. The van der Waals surface area contributed by atoms with Gasteiger partial charge < -0.3 is 0 Å². The Hall–Kier alpha value is 0.690. The van der Waals surface area contributed by atoms with Gasteiger partial charge in [-0.25, -0.2) is 3.11 Å². The summed E-state index contributed by atoms with van der Waals surface area (Å²) in [7, 11) is 0. The van der Waals surface area contributed by atoms with Crippen LogP contribution in [0.4, 0.5) is 0 Å². The van der Waals surface area contributed by atoms with Crippen molar-refractivity contribution in [2.75, 3.05) is 6.54 Å². The quantitative estimate of drug-likeness (QED) is 0.308. The van der Waals surface area contributed by atoms with Gasteiger partial charge in [0, 0.05) is 35.5 Å². The molecule has 0 aromatic heterocycles. The molecule has 0 amide bonds. The normalized spacial score (nSPS) is 49.2. The Bertz CT molecular complexity index is 40.2. The van der Waals surface area contributed by atoms with Gasteiger partial charge in [-0.05, 0) is 6.92 Å². The van der Waals surface area contributed by atoms with E-state index in [2.05, 4.69) is 32.9 Å². The van der Waals surface area contributed by atoms with Gasteiger partial charge in [0.1, 0.15) is 0 Å². The van der Waals surface area contributed by atoms with Crippen LogP contribution in [0.3, 0.4) is 0 Å². The second kappa shape index (κ2) is 1.08. The highest BCUT2D eigenvalue weighted by Gasteiger charge is 2.25. The molecule has 1 rings (SSSR count). The van der Waals surface area contributed by atoms with Crippen LogP contribution < -0.4 is 0 Å². The lowest BCUT2D eigenvalue weighted by Crippen LogP contribution is -1.72. The number of hydrogen-bond donors (Lipinski definition) is 0. The van der Waals surface area contributed by atoms with Gasteiger partial charge >= 0.3 is 0 Å². The van der Waals surface area contributed by atoms with E-state index >= 15 is 0 Å².